The van der Waals surface area contributed by atoms with Crippen molar-refractivity contribution in [2.75, 3.05) is 26.2 Å². The van der Waals surface area contributed by atoms with E-state index in [1.54, 1.807) is 18.2 Å². The van der Waals surface area contributed by atoms with Gasteiger partial charge in [0.05, 0.1) is 55.7 Å². The van der Waals surface area contributed by atoms with Crippen molar-refractivity contribution in [3.05, 3.63) is 102 Å². The number of phenols is 1. The second kappa shape index (κ2) is 32.8. The predicted octanol–water partition coefficient (Wildman–Crippen LogP) is -3.93. The molecule has 91 heavy (non-hydrogen) atoms. The van der Waals surface area contributed by atoms with Crippen LogP contribution in [-0.2, 0) is 44.6 Å². The fourth-order valence-corrected chi connectivity index (χ4v) is 11.6. The maximum absolute atomic E-state index is 14.6. The topological polar surface area (TPSA) is 437 Å². The molecule has 13 atom stereocenters. The minimum absolute atomic E-state index is 0. The molecule has 32 heteroatoms. The molecule has 3 saturated heterocycles. The summed E-state index contributed by atoms with van der Waals surface area (Å²) in [7, 11) is 0. The molecule has 480 valence electrons. The Morgan fingerprint density at radius 3 is 2.01 bits per heavy atom. The van der Waals surface area contributed by atoms with Crippen molar-refractivity contribution in [2.24, 2.45) is 5.92 Å². The summed E-state index contributed by atoms with van der Waals surface area (Å²) >= 11 is 1.30. The number of hydrogen-bond acceptors (Lipinski definition) is 24. The molecule has 0 aliphatic carbocycles. The Morgan fingerprint density at radius 2 is 1.38 bits per heavy atom. The van der Waals surface area contributed by atoms with Crippen LogP contribution in [0.1, 0.15) is 62.4 Å². The number of aromatic nitrogens is 2. The zero-order valence-corrected chi connectivity index (χ0v) is 53.2. The third-order valence-corrected chi connectivity index (χ3v) is 16.7. The van der Waals surface area contributed by atoms with Gasteiger partial charge in [0.2, 0.25) is 35.4 Å². The van der Waals surface area contributed by atoms with E-state index < -0.39 is 165 Å². The molecule has 4 aromatic carbocycles. The minimum Gasteiger partial charge on any atom is -0.691 e. The molecule has 12 N–H and O–H groups in total. The number of carbonyl (C=O) groups is 7. The van der Waals surface area contributed by atoms with E-state index in [-0.39, 0.29) is 65.3 Å². The molecule has 1 aromatic heterocycles. The zero-order chi connectivity index (χ0) is 64.9. The average Bonchev–Trinajstić information content (AvgIpc) is 1.99. The molecule has 0 radical (unpaired) electrons. The van der Waals surface area contributed by atoms with Crippen molar-refractivity contribution in [1.82, 2.24) is 46.6 Å². The maximum Gasteiger partial charge on any atom is 1.00 e. The van der Waals surface area contributed by atoms with Crippen molar-refractivity contribution < 1.29 is 122 Å². The van der Waals surface area contributed by atoms with Crippen LogP contribution in [0.15, 0.2) is 91.0 Å². The van der Waals surface area contributed by atoms with Crippen LogP contribution in [0.5, 0.6) is 17.2 Å². The van der Waals surface area contributed by atoms with Crippen molar-refractivity contribution in [2.45, 2.75) is 126 Å². The van der Waals surface area contributed by atoms with Crippen molar-refractivity contribution in [3.8, 4) is 55.6 Å². The number of amides is 7. The summed E-state index contributed by atoms with van der Waals surface area (Å²) in [6.07, 6.45) is -12.3. The van der Waals surface area contributed by atoms with E-state index in [1.165, 1.54) is 36.5 Å². The first kappa shape index (κ1) is 71.1. The van der Waals surface area contributed by atoms with E-state index in [2.05, 4.69) is 46.2 Å². The van der Waals surface area contributed by atoms with Gasteiger partial charge >= 0.3 is 29.6 Å². The van der Waals surface area contributed by atoms with Crippen LogP contribution >= 0.6 is 23.7 Å². The molecule has 4 heterocycles. The molecule has 0 bridgehead atoms. The monoisotopic (exact) mass is 1310 g/mol. The Kier molecular flexibility index (Phi) is 25.6. The smallest absolute Gasteiger partial charge is 0.691 e. The Labute approximate surface area is 551 Å². The molecular weight excluding hydrogens is 1240 g/mol. The van der Waals surface area contributed by atoms with E-state index in [0.29, 0.717) is 22.2 Å². The van der Waals surface area contributed by atoms with Crippen molar-refractivity contribution >= 4 is 65.0 Å². The number of aliphatic hydroxyl groups is 6. The van der Waals surface area contributed by atoms with Crippen molar-refractivity contribution in [3.63, 3.8) is 0 Å². The summed E-state index contributed by atoms with van der Waals surface area (Å²) in [6.45, 7) is 3.60. The molecule has 0 spiro atoms. The summed E-state index contributed by atoms with van der Waals surface area (Å²) in [5, 5.41) is 124. The molecule has 3 fully saturated rings. The second-order valence-corrected chi connectivity index (χ2v) is 23.3. The number of carbonyl (C=O) groups excluding carboxylic acids is 7. The van der Waals surface area contributed by atoms with Gasteiger partial charge in [0.1, 0.15) is 52.0 Å². The van der Waals surface area contributed by atoms with Gasteiger partial charge < -0.3 is 86.3 Å². The third kappa shape index (κ3) is 17.8. The summed E-state index contributed by atoms with van der Waals surface area (Å²) < 4.78 is 14.9. The number of hydrogen-bond donors (Lipinski definition) is 12. The summed E-state index contributed by atoms with van der Waals surface area (Å²) in [6, 6.07) is 15.3. The Balaban J connectivity index is 0.0000118. The third-order valence-electron chi connectivity index (χ3n) is 15.3. The minimum atomic E-state index is -2.17. The molecule has 3 aliphatic heterocycles. The molecule has 7 unspecified atom stereocenters. The zero-order valence-electron chi connectivity index (χ0n) is 49.6. The number of phenolic OH excluding ortho intramolecular Hbond substituents is 1. The number of aliphatic hydroxyl groups excluding tert-OH is 6. The number of benzene rings is 4. The van der Waals surface area contributed by atoms with E-state index in [4.69, 9.17) is 8.92 Å². The summed E-state index contributed by atoms with van der Waals surface area (Å²) in [5.41, 5.74) is 3.47. The number of aromatic hydroxyl groups is 1. The van der Waals surface area contributed by atoms with Gasteiger partial charge in [0.25, 0.3) is 18.2 Å². The van der Waals surface area contributed by atoms with Gasteiger partial charge in [-0.25, -0.2) is 0 Å². The Bertz CT molecular complexity index is 3400. The molecule has 3 aliphatic rings. The first-order valence-corrected chi connectivity index (χ1v) is 30.0. The van der Waals surface area contributed by atoms with Gasteiger partial charge in [-0.2, -0.15) is 5.26 Å². The van der Waals surface area contributed by atoms with Gasteiger partial charge in [-0.05, 0) is 66.4 Å². The normalized spacial score (nSPS) is 24.5. The molecule has 29 nitrogen and oxygen atoms in total. The van der Waals surface area contributed by atoms with Gasteiger partial charge in [-0.15, -0.1) is 14.5 Å². The van der Waals surface area contributed by atoms with Crippen LogP contribution in [0.4, 0.5) is 0 Å². The van der Waals surface area contributed by atoms with Crippen LogP contribution in [0.3, 0.4) is 0 Å². The summed E-state index contributed by atoms with van der Waals surface area (Å²) in [4.78, 5) is 103. The quantitative estimate of drug-likeness (QED) is 0.0131. The Morgan fingerprint density at radius 1 is 0.780 bits per heavy atom. The van der Waals surface area contributed by atoms with Crippen LogP contribution in [0, 0.1) is 17.2 Å². The first-order valence-electron chi connectivity index (χ1n) is 28.5. The predicted molar refractivity (Wildman–Crippen MR) is 316 cm³/mol. The number of rotatable bonds is 18. The number of ether oxygens (including phenoxy) is 1. The van der Waals surface area contributed by atoms with E-state index in [0.717, 1.165) is 57.7 Å². The van der Waals surface area contributed by atoms with Gasteiger partial charge in [-0.1, -0.05) is 79.8 Å². The number of nitrogens with zero attached hydrogens (tertiary/aromatic N) is 5. The summed E-state index contributed by atoms with van der Waals surface area (Å²) in [5.74, 6) is -8.99. The van der Waals surface area contributed by atoms with Crippen molar-refractivity contribution in [1.29, 1.82) is 5.26 Å². The largest absolute Gasteiger partial charge is 1.00 e. The fourth-order valence-electron chi connectivity index (χ4n) is 10.5. The number of nitrogens with one attached hydrogen (secondary N) is 5. The average molecular weight is 1310 g/mol. The van der Waals surface area contributed by atoms with Gasteiger partial charge in [-0.3, -0.25) is 38.6 Å². The van der Waals surface area contributed by atoms with Crippen LogP contribution in [-0.4, -0.2) is 196 Å². The fraction of sp³-hybridized carbons (Fsp3) is 0.424. The van der Waals surface area contributed by atoms with E-state index in [9.17, 15) is 79.8 Å². The van der Waals surface area contributed by atoms with Gasteiger partial charge in [0, 0.05) is 61.5 Å². The molecule has 0 saturated carbocycles. The number of fused-ring (bicyclic) bond motifs is 2. The van der Waals surface area contributed by atoms with Crippen LogP contribution < -0.4 is 70.3 Å². The molecule has 7 amide bonds. The van der Waals surface area contributed by atoms with E-state index >= 15 is 0 Å². The van der Waals surface area contributed by atoms with Crippen LogP contribution in [0.25, 0.3) is 32.3 Å². The molecule has 8 rings (SSSR count). The van der Waals surface area contributed by atoms with E-state index in [1.807, 2.05) is 55.5 Å². The SMILES string of the molecule is CCCOc1ccc(-c2ccc(-c3nnc(-c4ccc(C(=O)N[C@H]5C[C@H](O)CNC(=O)C6[C@@H](O)C(C)CN6C(=O)[C@H]([C@H](O)CC#N)NC(=O)C([C@H](O)Cc6ccc(O)c(OSOO[O-])c6)NC(=O)C6CC(O)CN6C(=O)C(C(C)O)NC5=O)cc4)s3)cc2)cc1.[Na+]. The van der Waals surface area contributed by atoms with Gasteiger partial charge in [0.15, 0.2) is 11.5 Å². The maximum atomic E-state index is 14.6. The first-order chi connectivity index (χ1) is 43.1. The Hall–Kier alpha value is -7.39. The number of β-amino-alcohol motifs (C(OH)–C–C–N with tert-alkyl or cyclic N) is 1. The number of nitriles is 1. The second-order valence-electron chi connectivity index (χ2n) is 21.9. The standard InChI is InChI=1S/C59H68N10O19S2.Na/c1-4-21-85-39-16-14-33(15-17-39)32-6-10-35(11-7-32)56-66-67-57(89-56)36-12-8-34(9-13-36)51(77)62-40-24-37(71)26-61-55(81)49-50(76)29(2)27-69(49)59(83)48(43(74)19-20-60)65-54(80)47(44(75)22-31-5-18-42(73)45(23-31)86-90-88-87-84)64-53(79)41-25-38(72)28-68(41)58(82)46(30(3)70)63-52(40)78;/h5-18,23,29-30,37-38,40-41,43-44,46-50,70-76,84H,4,19,21-22,24-28H2,1-3H3,(H,61,81)(H,62,77)(H,63,78)(H,64,79)(H,65,80);/q;+1/p-1/t29?,30?,37-,38?,40-,41?,43+,44+,46?,47?,48-,49?,50-;/m0./s1. The molecule has 5 aromatic rings. The van der Waals surface area contributed by atoms with Crippen LogP contribution in [0.2, 0.25) is 0 Å². The molecular formula is C59H67N10NaO19S2.